The summed E-state index contributed by atoms with van der Waals surface area (Å²) >= 11 is 0. The zero-order chi connectivity index (χ0) is 3.54. The van der Waals surface area contributed by atoms with Gasteiger partial charge in [0, 0.05) is 5.48 Å². The molecule has 0 aromatic rings. The molecule has 0 aromatic carbocycles. The summed E-state index contributed by atoms with van der Waals surface area (Å²) in [5.74, 6) is 0. The van der Waals surface area contributed by atoms with Gasteiger partial charge < -0.3 is 5.32 Å². The largest absolute Gasteiger partial charge is 0.317 e. The van der Waals surface area contributed by atoms with E-state index >= 15 is 0 Å². The lowest BCUT2D eigenvalue weighted by atomic mass is 10.4. The Labute approximate surface area is 37.9 Å². The lowest BCUT2D eigenvalue weighted by Gasteiger charge is -1.76. The van der Waals surface area contributed by atoms with Crippen LogP contribution < -0.4 is 5.32 Å². The average Bonchev–Trinajstić information content (AvgIpc) is 1.76. The van der Waals surface area contributed by atoms with Crippen LogP contribution in [-0.2, 0) is 5.48 Å². The molecule has 1 heterocycles. The summed E-state index contributed by atoms with van der Waals surface area (Å²) in [5.41, 5.74) is 0. The third kappa shape index (κ3) is 1.38. The van der Waals surface area contributed by atoms with E-state index in [2.05, 4.69) is 5.32 Å². The van der Waals surface area contributed by atoms with Gasteiger partial charge in [-0.05, 0) is 25.9 Å². The maximum Gasteiger partial charge on any atom is 0 e. The van der Waals surface area contributed by atoms with Gasteiger partial charge in [0.15, 0.2) is 0 Å². The molecule has 2 nitrogen and oxygen atoms in total. The Kier molecular flexibility index (Phi) is 3.08. The molecular weight excluding hydrogens is 78.0 g/mol. The molecule has 0 spiro atoms. The molecule has 36 valence electrons. The molecule has 0 aromatic heterocycles. The fourth-order valence-corrected chi connectivity index (χ4v) is 0.625. The van der Waals surface area contributed by atoms with E-state index < -0.39 is 0 Å². The fourth-order valence-electron chi connectivity index (χ4n) is 0.625. The van der Waals surface area contributed by atoms with E-state index in [0.717, 1.165) is 0 Å². The van der Waals surface area contributed by atoms with Gasteiger partial charge in [0.05, 0.1) is 0 Å². The molecule has 1 aliphatic heterocycles. The van der Waals surface area contributed by atoms with Gasteiger partial charge in [0.2, 0.25) is 0 Å². The summed E-state index contributed by atoms with van der Waals surface area (Å²) < 4.78 is 0. The van der Waals surface area contributed by atoms with E-state index in [1.807, 2.05) is 0 Å². The Hall–Kier alpha value is -0.0800. The Balaban J connectivity index is 0.000000250. The van der Waals surface area contributed by atoms with Crippen molar-refractivity contribution in [2.24, 2.45) is 0 Å². The summed E-state index contributed by atoms with van der Waals surface area (Å²) in [4.78, 5) is 0. The van der Waals surface area contributed by atoms with Crippen molar-refractivity contribution >= 4 is 0 Å². The lowest BCUT2D eigenvalue weighted by molar-refractivity contribution is 0.686. The fraction of sp³-hybridized carbons (Fsp3) is 1.00. The van der Waals surface area contributed by atoms with E-state index in [1.54, 1.807) is 0 Å². The highest BCUT2D eigenvalue weighted by Crippen LogP contribution is 1.90. The van der Waals surface area contributed by atoms with Crippen LogP contribution >= 0.6 is 0 Å². The van der Waals surface area contributed by atoms with E-state index in [1.165, 1.54) is 25.9 Å². The summed E-state index contributed by atoms with van der Waals surface area (Å²) in [5, 5.41) is 3.22. The van der Waals surface area contributed by atoms with Crippen LogP contribution in [0.25, 0.3) is 0 Å². The van der Waals surface area contributed by atoms with Crippen molar-refractivity contribution in [1.29, 1.82) is 0 Å². The zero-order valence-corrected chi connectivity index (χ0v) is 3.74. The minimum absolute atomic E-state index is 0. The smallest absolute Gasteiger partial charge is 0 e. The summed E-state index contributed by atoms with van der Waals surface area (Å²) in [7, 11) is 0. The Morgan fingerprint density at radius 3 is 1.67 bits per heavy atom. The molecule has 0 atom stereocenters. The lowest BCUT2D eigenvalue weighted by Crippen LogP contribution is -2.03. The first kappa shape index (κ1) is 5.92. The van der Waals surface area contributed by atoms with Crippen LogP contribution in [0.3, 0.4) is 0 Å². The average molecular weight is 87.1 g/mol. The van der Waals surface area contributed by atoms with Gasteiger partial charge in [-0.2, -0.15) is 0 Å². The van der Waals surface area contributed by atoms with Crippen LogP contribution in [0, 0.1) is 0 Å². The van der Waals surface area contributed by atoms with E-state index in [4.69, 9.17) is 0 Å². The highest BCUT2D eigenvalue weighted by Gasteiger charge is 1.93. The molecule has 1 saturated heterocycles. The molecule has 1 fully saturated rings. The van der Waals surface area contributed by atoms with Crippen LogP contribution in [0.2, 0.25) is 0 Å². The number of nitrogens with one attached hydrogen (secondary N) is 1. The SMILES string of the molecule is C1CCNC1.[O]. The molecule has 0 amide bonds. The van der Waals surface area contributed by atoms with Gasteiger partial charge in [0.1, 0.15) is 0 Å². The minimum atomic E-state index is 0. The van der Waals surface area contributed by atoms with E-state index in [9.17, 15) is 0 Å². The predicted molar refractivity (Wildman–Crippen MR) is 22.8 cm³/mol. The van der Waals surface area contributed by atoms with Crippen molar-refractivity contribution in [3.8, 4) is 0 Å². The van der Waals surface area contributed by atoms with Crippen molar-refractivity contribution in [2.75, 3.05) is 13.1 Å². The van der Waals surface area contributed by atoms with Gasteiger partial charge in [0.25, 0.3) is 0 Å². The van der Waals surface area contributed by atoms with Gasteiger partial charge in [-0.25, -0.2) is 0 Å². The molecule has 1 rings (SSSR count). The van der Waals surface area contributed by atoms with Crippen molar-refractivity contribution in [2.45, 2.75) is 12.8 Å². The number of rotatable bonds is 0. The highest BCUT2D eigenvalue weighted by atomic mass is 16.0. The molecule has 0 bridgehead atoms. The second-order valence-corrected chi connectivity index (χ2v) is 1.46. The molecule has 2 heteroatoms. The first-order valence-electron chi connectivity index (χ1n) is 2.21. The molecule has 2 radical (unpaired) electrons. The van der Waals surface area contributed by atoms with Crippen molar-refractivity contribution in [1.82, 2.24) is 5.32 Å². The third-order valence-corrected chi connectivity index (χ3v) is 0.957. The monoisotopic (exact) mass is 87.1 g/mol. The molecule has 0 aliphatic carbocycles. The van der Waals surface area contributed by atoms with Gasteiger partial charge in [-0.3, -0.25) is 0 Å². The first-order valence-corrected chi connectivity index (χ1v) is 2.21. The van der Waals surface area contributed by atoms with Crippen LogP contribution in [0.4, 0.5) is 0 Å². The molecule has 1 aliphatic rings. The van der Waals surface area contributed by atoms with Crippen LogP contribution in [0.1, 0.15) is 12.8 Å². The van der Waals surface area contributed by atoms with Crippen LogP contribution in [0.5, 0.6) is 0 Å². The van der Waals surface area contributed by atoms with Crippen LogP contribution in [-0.4, -0.2) is 13.1 Å². The normalized spacial score (nSPS) is 20.0. The summed E-state index contributed by atoms with van der Waals surface area (Å²) in [6, 6.07) is 0. The van der Waals surface area contributed by atoms with Gasteiger partial charge in [-0.1, -0.05) is 0 Å². The van der Waals surface area contributed by atoms with Crippen molar-refractivity contribution in [3.05, 3.63) is 0 Å². The molecular formula is C4H9NO. The van der Waals surface area contributed by atoms with Crippen molar-refractivity contribution < 1.29 is 5.48 Å². The summed E-state index contributed by atoms with van der Waals surface area (Å²) in [6.45, 7) is 2.50. The summed E-state index contributed by atoms with van der Waals surface area (Å²) in [6.07, 6.45) is 2.78. The minimum Gasteiger partial charge on any atom is -0.317 e. The van der Waals surface area contributed by atoms with E-state index in [-0.39, 0.29) is 5.48 Å². The van der Waals surface area contributed by atoms with Crippen molar-refractivity contribution in [3.63, 3.8) is 0 Å². The Morgan fingerprint density at radius 2 is 1.50 bits per heavy atom. The van der Waals surface area contributed by atoms with Gasteiger partial charge in [-0.15, -0.1) is 0 Å². The Bertz CT molecular complexity index is 19.1. The molecule has 6 heavy (non-hydrogen) atoms. The maximum absolute atomic E-state index is 3.22. The molecule has 0 unspecified atom stereocenters. The van der Waals surface area contributed by atoms with E-state index in [0.29, 0.717) is 0 Å². The number of hydrogen-bond acceptors (Lipinski definition) is 1. The molecule has 0 saturated carbocycles. The molecule has 1 N–H and O–H groups in total. The number of hydrogen-bond donors (Lipinski definition) is 1. The topological polar surface area (TPSA) is 40.5 Å². The second kappa shape index (κ2) is 3.12. The zero-order valence-electron chi connectivity index (χ0n) is 3.74. The standard InChI is InChI=1S/C4H9N.O/c1-2-4-5-3-1;/h5H,1-4H2;. The third-order valence-electron chi connectivity index (χ3n) is 0.957. The highest BCUT2D eigenvalue weighted by molar-refractivity contribution is 4.55. The van der Waals surface area contributed by atoms with Gasteiger partial charge >= 0.3 is 0 Å². The quantitative estimate of drug-likeness (QED) is 0.452. The Morgan fingerprint density at radius 1 is 1.00 bits per heavy atom. The first-order chi connectivity index (χ1) is 2.50. The van der Waals surface area contributed by atoms with Crippen LogP contribution in [0.15, 0.2) is 0 Å². The predicted octanol–water partition coefficient (Wildman–Crippen LogP) is 0.251. The second-order valence-electron chi connectivity index (χ2n) is 1.46. The maximum atomic E-state index is 3.22.